The lowest BCUT2D eigenvalue weighted by molar-refractivity contribution is -0.162. The number of aldehydes is 1. The number of hydrogen-bond donors (Lipinski definition) is 1. The Morgan fingerprint density at radius 2 is 1.72 bits per heavy atom. The van der Waals surface area contributed by atoms with E-state index < -0.39 is 22.3 Å². The van der Waals surface area contributed by atoms with E-state index in [-0.39, 0.29) is 34.5 Å². The summed E-state index contributed by atoms with van der Waals surface area (Å²) >= 11 is 0. The Hall–Kier alpha value is -4.39. The minimum atomic E-state index is -4.14. The molecule has 3 aromatic rings. The molecule has 0 radical (unpaired) electrons. The Bertz CT molecular complexity index is 1310. The van der Waals surface area contributed by atoms with Crippen LogP contribution in [0.4, 0.5) is 5.82 Å². The molecular formula is C23H23N3O9S. The van der Waals surface area contributed by atoms with Gasteiger partial charge in [-0.1, -0.05) is 6.07 Å². The molecule has 12 nitrogen and oxygen atoms in total. The number of hydrogen-bond acceptors (Lipinski definition) is 11. The molecule has 0 aliphatic heterocycles. The van der Waals surface area contributed by atoms with Gasteiger partial charge in [-0.2, -0.15) is 4.98 Å². The topological polar surface area (TPSA) is 152 Å². The van der Waals surface area contributed by atoms with Crippen molar-refractivity contribution in [1.82, 2.24) is 9.97 Å². The zero-order valence-corrected chi connectivity index (χ0v) is 20.4. The summed E-state index contributed by atoms with van der Waals surface area (Å²) < 4.78 is 55.1. The highest BCUT2D eigenvalue weighted by molar-refractivity contribution is 7.92. The van der Waals surface area contributed by atoms with Crippen LogP contribution < -0.4 is 23.7 Å². The number of rotatable bonds is 12. The molecule has 1 aromatic heterocycles. The van der Waals surface area contributed by atoms with Crippen LogP contribution in [0, 0.1) is 0 Å². The van der Waals surface area contributed by atoms with E-state index in [1.54, 1.807) is 18.2 Å². The lowest BCUT2D eigenvalue weighted by Gasteiger charge is -2.19. The Morgan fingerprint density at radius 1 is 1.03 bits per heavy atom. The van der Waals surface area contributed by atoms with Gasteiger partial charge >= 0.3 is 5.97 Å². The second kappa shape index (κ2) is 11.8. The summed E-state index contributed by atoms with van der Waals surface area (Å²) in [6.45, 7) is 1.14. The zero-order valence-electron chi connectivity index (χ0n) is 19.5. The van der Waals surface area contributed by atoms with E-state index in [0.717, 1.165) is 13.3 Å². The summed E-state index contributed by atoms with van der Waals surface area (Å²) in [4.78, 5) is 30.4. The fourth-order valence-electron chi connectivity index (χ4n) is 2.84. The maximum Gasteiger partial charge on any atom is 0.305 e. The van der Waals surface area contributed by atoms with Gasteiger partial charge in [0.15, 0.2) is 5.82 Å². The van der Waals surface area contributed by atoms with E-state index in [2.05, 4.69) is 14.7 Å². The Kier molecular flexibility index (Phi) is 8.62. The Balaban J connectivity index is 2.03. The van der Waals surface area contributed by atoms with Crippen molar-refractivity contribution in [2.45, 2.75) is 24.5 Å². The third kappa shape index (κ3) is 6.82. The number of methoxy groups -OCH3 is 2. The van der Waals surface area contributed by atoms with Gasteiger partial charge in [-0.15, -0.1) is 0 Å². The van der Waals surface area contributed by atoms with E-state index in [1.807, 2.05) is 0 Å². The molecule has 1 atom stereocenters. The average molecular weight is 518 g/mol. The zero-order chi connectivity index (χ0) is 26.1. The van der Waals surface area contributed by atoms with E-state index >= 15 is 0 Å². The molecule has 0 amide bonds. The summed E-state index contributed by atoms with van der Waals surface area (Å²) in [5, 5.41) is 0. The van der Waals surface area contributed by atoms with Gasteiger partial charge < -0.3 is 28.5 Å². The molecule has 0 saturated heterocycles. The smallest absolute Gasteiger partial charge is 0.305 e. The number of benzene rings is 2. The second-order valence-corrected chi connectivity index (χ2v) is 8.66. The van der Waals surface area contributed by atoms with Crippen molar-refractivity contribution in [3.05, 3.63) is 54.9 Å². The van der Waals surface area contributed by atoms with E-state index in [0.29, 0.717) is 17.8 Å². The van der Waals surface area contributed by atoms with Crippen molar-refractivity contribution < 1.29 is 41.7 Å². The van der Waals surface area contributed by atoms with Gasteiger partial charge in [-0.25, -0.2) is 13.4 Å². The average Bonchev–Trinajstić information content (AvgIpc) is 2.85. The van der Waals surface area contributed by atoms with Crippen molar-refractivity contribution in [3.63, 3.8) is 0 Å². The van der Waals surface area contributed by atoms with Crippen LogP contribution in [0.25, 0.3) is 0 Å². The number of ether oxygens (including phenoxy) is 5. The highest BCUT2D eigenvalue weighted by atomic mass is 32.2. The molecule has 0 aliphatic carbocycles. The quantitative estimate of drug-likeness (QED) is 0.214. The summed E-state index contributed by atoms with van der Waals surface area (Å²) in [5.41, 5.74) is 0. The molecule has 1 N–H and O–H groups in total. The van der Waals surface area contributed by atoms with Crippen molar-refractivity contribution in [2.75, 3.05) is 18.9 Å². The second-order valence-electron chi connectivity index (χ2n) is 6.98. The Labute approximate surface area is 207 Å². The number of anilines is 1. The third-order valence-electron chi connectivity index (χ3n) is 4.46. The van der Waals surface area contributed by atoms with Gasteiger partial charge in [-0.05, 0) is 36.4 Å². The van der Waals surface area contributed by atoms with E-state index in [9.17, 15) is 18.0 Å². The molecule has 3 rings (SSSR count). The predicted molar refractivity (Wildman–Crippen MR) is 126 cm³/mol. The molecule has 0 bridgehead atoms. The minimum absolute atomic E-state index is 0.0737. The van der Waals surface area contributed by atoms with Crippen LogP contribution >= 0.6 is 0 Å². The van der Waals surface area contributed by atoms with Gasteiger partial charge in [0.2, 0.25) is 5.75 Å². The van der Waals surface area contributed by atoms with Crippen molar-refractivity contribution >= 4 is 28.1 Å². The normalized spacial score (nSPS) is 11.6. The number of nitrogens with one attached hydrogen (secondary N) is 1. The van der Waals surface area contributed by atoms with E-state index in [1.165, 1.54) is 44.6 Å². The molecule has 0 fully saturated rings. The summed E-state index contributed by atoms with van der Waals surface area (Å²) in [5.74, 6) is -0.332. The fraction of sp³-hybridized carbons (Fsp3) is 0.217. The van der Waals surface area contributed by atoms with Crippen LogP contribution in [0.15, 0.2) is 59.8 Å². The number of sulfonamides is 1. The lowest BCUT2D eigenvalue weighted by Crippen LogP contribution is -2.24. The predicted octanol–water partition coefficient (Wildman–Crippen LogP) is 2.94. The number of carbonyl (C=O) groups is 2. The van der Waals surface area contributed by atoms with Gasteiger partial charge in [-0.3, -0.25) is 9.52 Å². The minimum Gasteiger partial charge on any atom is -0.497 e. The Morgan fingerprint density at radius 3 is 2.36 bits per heavy atom. The molecular weight excluding hydrogens is 494 g/mol. The van der Waals surface area contributed by atoms with Gasteiger partial charge in [0.25, 0.3) is 22.2 Å². The number of carbonyl (C=O) groups excluding carboxylic acids is 2. The first-order chi connectivity index (χ1) is 17.2. The van der Waals surface area contributed by atoms with Crippen LogP contribution in [-0.4, -0.2) is 51.2 Å². The SMILES string of the molecule is COc1ccc(S(=O)(=O)Nc2ncnc(OC(CC=O)OC(C)=O)c2Oc2cccc(OC)c2)cc1. The molecule has 0 aliphatic rings. The van der Waals surface area contributed by atoms with Crippen molar-refractivity contribution in [3.8, 4) is 28.9 Å². The standard InChI is InChI=1S/C23H23N3O9S/c1-15(28)33-20(11-12-27)35-23-21(34-18-6-4-5-17(13-18)32-3)22(24-14-25-23)26-36(29,30)19-9-7-16(31-2)8-10-19/h4-10,12-14,20H,11H2,1-3H3,(H,24,25,26). The first-order valence-corrected chi connectivity index (χ1v) is 11.9. The molecule has 13 heteroatoms. The molecule has 36 heavy (non-hydrogen) atoms. The molecule has 0 saturated carbocycles. The van der Waals surface area contributed by atoms with Crippen LogP contribution in [0.5, 0.6) is 28.9 Å². The molecule has 2 aromatic carbocycles. The summed E-state index contributed by atoms with van der Waals surface area (Å²) in [7, 11) is -1.21. The van der Waals surface area contributed by atoms with Crippen LogP contribution in [-0.2, 0) is 24.3 Å². The number of nitrogens with zero attached hydrogens (tertiary/aromatic N) is 2. The lowest BCUT2D eigenvalue weighted by atomic mass is 10.3. The van der Waals surface area contributed by atoms with Crippen LogP contribution in [0.2, 0.25) is 0 Å². The highest BCUT2D eigenvalue weighted by Crippen LogP contribution is 2.38. The van der Waals surface area contributed by atoms with Crippen molar-refractivity contribution in [2.24, 2.45) is 0 Å². The highest BCUT2D eigenvalue weighted by Gasteiger charge is 2.25. The summed E-state index contributed by atoms with van der Waals surface area (Å²) in [6.07, 6.45) is -0.140. The first kappa shape index (κ1) is 26.2. The summed E-state index contributed by atoms with van der Waals surface area (Å²) in [6, 6.07) is 12.1. The molecule has 1 heterocycles. The number of aromatic nitrogens is 2. The fourth-order valence-corrected chi connectivity index (χ4v) is 3.85. The molecule has 190 valence electrons. The number of esters is 1. The van der Waals surface area contributed by atoms with Gasteiger partial charge in [0.1, 0.15) is 29.9 Å². The third-order valence-corrected chi connectivity index (χ3v) is 5.82. The maximum absolute atomic E-state index is 13.0. The van der Waals surface area contributed by atoms with Crippen LogP contribution in [0.3, 0.4) is 0 Å². The monoisotopic (exact) mass is 517 g/mol. The van der Waals surface area contributed by atoms with Crippen LogP contribution in [0.1, 0.15) is 13.3 Å². The largest absolute Gasteiger partial charge is 0.497 e. The molecule has 1 unspecified atom stereocenters. The van der Waals surface area contributed by atoms with Gasteiger partial charge in [0, 0.05) is 13.0 Å². The van der Waals surface area contributed by atoms with Gasteiger partial charge in [0.05, 0.1) is 25.5 Å². The van der Waals surface area contributed by atoms with E-state index in [4.69, 9.17) is 23.7 Å². The van der Waals surface area contributed by atoms with Crippen molar-refractivity contribution in [1.29, 1.82) is 0 Å². The molecule has 0 spiro atoms. The maximum atomic E-state index is 13.0. The first-order valence-electron chi connectivity index (χ1n) is 10.4.